The van der Waals surface area contributed by atoms with Crippen LogP contribution in [0.4, 0.5) is 4.39 Å². The number of rotatable bonds is 1. The van der Waals surface area contributed by atoms with E-state index in [9.17, 15) is 9.18 Å². The summed E-state index contributed by atoms with van der Waals surface area (Å²) in [6, 6.07) is 2.82. The van der Waals surface area contributed by atoms with E-state index in [0.29, 0.717) is 3.57 Å². The molecule has 5 heteroatoms. The van der Waals surface area contributed by atoms with Crippen LogP contribution in [0.5, 0.6) is 0 Å². The lowest BCUT2D eigenvalue weighted by molar-refractivity contribution is 0.0595. The Morgan fingerprint density at radius 1 is 1.62 bits per heavy atom. The fourth-order valence-electron chi connectivity index (χ4n) is 0.814. The average Bonchev–Trinajstić information content (AvgIpc) is 2.10. The third kappa shape index (κ3) is 2.31. The first-order valence-corrected chi connectivity index (χ1v) is 4.74. The molecule has 0 aromatic heterocycles. The molecule has 1 aromatic rings. The molecule has 0 saturated carbocycles. The van der Waals surface area contributed by atoms with Crippen LogP contribution in [0.3, 0.4) is 0 Å². The molecule has 0 N–H and O–H groups in total. The molecular formula is C8H5ClFIO2. The fourth-order valence-corrected chi connectivity index (χ4v) is 1.84. The normalized spacial score (nSPS) is 9.85. The van der Waals surface area contributed by atoms with Crippen LogP contribution in [0.2, 0.25) is 5.02 Å². The van der Waals surface area contributed by atoms with Gasteiger partial charge in [0.05, 0.1) is 17.7 Å². The molecule has 0 spiro atoms. The lowest BCUT2D eigenvalue weighted by Crippen LogP contribution is -2.05. The minimum Gasteiger partial charge on any atom is -0.465 e. The molecule has 0 atom stereocenters. The molecule has 70 valence electrons. The minimum absolute atomic E-state index is 0.0766. The maximum atomic E-state index is 13.2. The minimum atomic E-state index is -0.742. The maximum absolute atomic E-state index is 13.2. The third-order valence-electron chi connectivity index (χ3n) is 1.40. The van der Waals surface area contributed by atoms with Gasteiger partial charge in [-0.3, -0.25) is 0 Å². The van der Waals surface area contributed by atoms with Crippen molar-refractivity contribution in [2.24, 2.45) is 0 Å². The lowest BCUT2D eigenvalue weighted by Gasteiger charge is -2.03. The summed E-state index contributed by atoms with van der Waals surface area (Å²) >= 11 is 7.47. The Morgan fingerprint density at radius 3 is 2.77 bits per heavy atom. The SMILES string of the molecule is COC(=O)c1cc(I)cc(Cl)c1F. The summed E-state index contributed by atoms with van der Waals surface area (Å²) in [6.45, 7) is 0. The highest BCUT2D eigenvalue weighted by atomic mass is 127. The number of carbonyl (C=O) groups excluding carboxylic acids is 1. The largest absolute Gasteiger partial charge is 0.465 e. The summed E-state index contributed by atoms with van der Waals surface area (Å²) in [7, 11) is 1.19. The molecule has 0 unspecified atom stereocenters. The van der Waals surface area contributed by atoms with Gasteiger partial charge in [-0.2, -0.15) is 0 Å². The van der Waals surface area contributed by atoms with Crippen molar-refractivity contribution in [1.29, 1.82) is 0 Å². The molecule has 13 heavy (non-hydrogen) atoms. The van der Waals surface area contributed by atoms with Crippen LogP contribution in [0.1, 0.15) is 10.4 Å². The van der Waals surface area contributed by atoms with Crippen LogP contribution in [-0.4, -0.2) is 13.1 Å². The Kier molecular flexibility index (Phi) is 3.49. The van der Waals surface area contributed by atoms with Crippen molar-refractivity contribution >= 4 is 40.2 Å². The zero-order chi connectivity index (χ0) is 10.0. The highest BCUT2D eigenvalue weighted by Gasteiger charge is 2.15. The van der Waals surface area contributed by atoms with Crippen LogP contribution in [0.15, 0.2) is 12.1 Å². The van der Waals surface area contributed by atoms with Gasteiger partial charge in [-0.05, 0) is 34.7 Å². The second kappa shape index (κ2) is 4.23. The summed E-state index contributed by atoms with van der Waals surface area (Å²) < 4.78 is 18.3. The number of hydrogen-bond acceptors (Lipinski definition) is 2. The van der Waals surface area contributed by atoms with Crippen LogP contribution >= 0.6 is 34.2 Å². The van der Waals surface area contributed by atoms with E-state index in [1.165, 1.54) is 19.2 Å². The molecule has 0 aliphatic heterocycles. The quantitative estimate of drug-likeness (QED) is 0.453. The Bertz CT molecular complexity index is 354. The van der Waals surface area contributed by atoms with Crippen molar-refractivity contribution in [2.45, 2.75) is 0 Å². The van der Waals surface area contributed by atoms with E-state index in [-0.39, 0.29) is 10.6 Å². The van der Waals surface area contributed by atoms with E-state index in [2.05, 4.69) is 4.74 Å². The smallest absolute Gasteiger partial charge is 0.340 e. The maximum Gasteiger partial charge on any atom is 0.340 e. The molecule has 0 aliphatic carbocycles. The highest BCUT2D eigenvalue weighted by Crippen LogP contribution is 2.22. The highest BCUT2D eigenvalue weighted by molar-refractivity contribution is 14.1. The summed E-state index contributed by atoms with van der Waals surface area (Å²) in [4.78, 5) is 11.0. The van der Waals surface area contributed by atoms with Crippen molar-refractivity contribution in [3.8, 4) is 0 Å². The second-order valence-corrected chi connectivity index (χ2v) is 3.89. The Morgan fingerprint density at radius 2 is 2.23 bits per heavy atom. The number of benzene rings is 1. The summed E-state index contributed by atoms with van der Waals surface area (Å²) in [5, 5.41) is -0.0766. The van der Waals surface area contributed by atoms with E-state index < -0.39 is 11.8 Å². The van der Waals surface area contributed by atoms with Crippen LogP contribution < -0.4 is 0 Å². The molecule has 0 amide bonds. The first-order chi connectivity index (χ1) is 6.06. The summed E-state index contributed by atoms with van der Waals surface area (Å²) in [6.07, 6.45) is 0. The lowest BCUT2D eigenvalue weighted by atomic mass is 10.2. The van der Waals surface area contributed by atoms with E-state index in [1.54, 1.807) is 0 Å². The number of ether oxygens (including phenoxy) is 1. The van der Waals surface area contributed by atoms with Crippen LogP contribution in [0, 0.1) is 9.39 Å². The van der Waals surface area contributed by atoms with Crippen molar-refractivity contribution < 1.29 is 13.9 Å². The van der Waals surface area contributed by atoms with Gasteiger partial charge >= 0.3 is 5.97 Å². The van der Waals surface area contributed by atoms with E-state index in [1.807, 2.05) is 22.6 Å². The zero-order valence-corrected chi connectivity index (χ0v) is 9.52. The van der Waals surface area contributed by atoms with E-state index in [0.717, 1.165) is 0 Å². The standard InChI is InChI=1S/C8H5ClFIO2/c1-13-8(12)5-2-4(11)3-6(9)7(5)10/h2-3H,1H3. The van der Waals surface area contributed by atoms with Gasteiger partial charge < -0.3 is 4.74 Å². The molecule has 2 nitrogen and oxygen atoms in total. The Balaban J connectivity index is 3.28. The van der Waals surface area contributed by atoms with Gasteiger partial charge in [0.15, 0.2) is 5.82 Å². The summed E-state index contributed by atoms with van der Waals surface area (Å²) in [5.74, 6) is -1.47. The number of carbonyl (C=O) groups is 1. The molecule has 0 saturated heterocycles. The van der Waals surface area contributed by atoms with Gasteiger partial charge in [-0.15, -0.1) is 0 Å². The summed E-state index contributed by atoms with van der Waals surface area (Å²) in [5.41, 5.74) is -0.139. The number of methoxy groups -OCH3 is 1. The number of esters is 1. The molecule has 0 fully saturated rings. The number of halogens is 3. The molecule has 0 radical (unpaired) electrons. The molecular weight excluding hydrogens is 309 g/mol. The van der Waals surface area contributed by atoms with Gasteiger partial charge in [0.2, 0.25) is 0 Å². The zero-order valence-electron chi connectivity index (χ0n) is 6.61. The average molecular weight is 314 g/mol. The van der Waals surface area contributed by atoms with Crippen LogP contribution in [-0.2, 0) is 4.74 Å². The monoisotopic (exact) mass is 314 g/mol. The van der Waals surface area contributed by atoms with Gasteiger partial charge in [0.1, 0.15) is 0 Å². The van der Waals surface area contributed by atoms with Crippen molar-refractivity contribution in [3.63, 3.8) is 0 Å². The second-order valence-electron chi connectivity index (χ2n) is 2.24. The van der Waals surface area contributed by atoms with Gasteiger partial charge in [0.25, 0.3) is 0 Å². The van der Waals surface area contributed by atoms with Gasteiger partial charge in [-0.25, -0.2) is 9.18 Å². The Hall–Kier alpha value is -0.360. The van der Waals surface area contributed by atoms with Gasteiger partial charge in [0, 0.05) is 3.57 Å². The first-order valence-electron chi connectivity index (χ1n) is 3.29. The van der Waals surface area contributed by atoms with Crippen molar-refractivity contribution in [1.82, 2.24) is 0 Å². The third-order valence-corrected chi connectivity index (χ3v) is 2.30. The Labute approximate surface area is 93.2 Å². The number of hydrogen-bond donors (Lipinski definition) is 0. The molecule has 0 bridgehead atoms. The van der Waals surface area contributed by atoms with E-state index >= 15 is 0 Å². The van der Waals surface area contributed by atoms with Gasteiger partial charge in [-0.1, -0.05) is 11.6 Å². The molecule has 0 heterocycles. The van der Waals surface area contributed by atoms with Crippen LogP contribution in [0.25, 0.3) is 0 Å². The van der Waals surface area contributed by atoms with E-state index in [4.69, 9.17) is 11.6 Å². The first kappa shape index (κ1) is 10.7. The molecule has 1 rings (SSSR count). The van der Waals surface area contributed by atoms with Crippen molar-refractivity contribution in [2.75, 3.05) is 7.11 Å². The predicted octanol–water partition coefficient (Wildman–Crippen LogP) is 2.87. The molecule has 0 aliphatic rings. The fraction of sp³-hybridized carbons (Fsp3) is 0.125. The van der Waals surface area contributed by atoms with Crippen molar-refractivity contribution in [3.05, 3.63) is 32.1 Å². The topological polar surface area (TPSA) is 26.3 Å². The molecule has 1 aromatic carbocycles. The predicted molar refractivity (Wildman–Crippen MR) is 55.5 cm³/mol.